The van der Waals surface area contributed by atoms with Crippen LogP contribution >= 0.6 is 11.6 Å². The van der Waals surface area contributed by atoms with Crippen molar-refractivity contribution in [3.8, 4) is 6.07 Å². The van der Waals surface area contributed by atoms with Crippen LogP contribution in [0.5, 0.6) is 0 Å². The highest BCUT2D eigenvalue weighted by Crippen LogP contribution is 2.23. The van der Waals surface area contributed by atoms with E-state index >= 15 is 0 Å². The number of aromatic nitrogens is 3. The molecule has 2 aromatic heterocycles. The van der Waals surface area contributed by atoms with Gasteiger partial charge in [0.2, 0.25) is 5.95 Å². The predicted molar refractivity (Wildman–Crippen MR) is 97.9 cm³/mol. The Balaban J connectivity index is 1.95. The molecule has 0 saturated heterocycles. The smallest absolute Gasteiger partial charge is 0.253 e. The molecule has 0 saturated carbocycles. The fourth-order valence-corrected chi connectivity index (χ4v) is 2.76. The zero-order valence-corrected chi connectivity index (χ0v) is 14.3. The third kappa shape index (κ3) is 3.25. The van der Waals surface area contributed by atoms with Crippen molar-refractivity contribution in [3.63, 3.8) is 0 Å². The molecule has 126 valence electrons. The van der Waals surface area contributed by atoms with Crippen molar-refractivity contribution >= 4 is 34.3 Å². The number of anilines is 2. The summed E-state index contributed by atoms with van der Waals surface area (Å²) in [4.78, 5) is 23.6. The Labute approximate surface area is 148 Å². The molecule has 25 heavy (non-hydrogen) atoms. The molecule has 7 nitrogen and oxygen atoms in total. The highest BCUT2D eigenvalue weighted by molar-refractivity contribution is 6.35. The first-order valence-corrected chi connectivity index (χ1v) is 7.94. The maximum atomic E-state index is 12.4. The Hall–Kier alpha value is -3.11. The molecular weight excluding hydrogens is 340 g/mol. The molecule has 0 fully saturated rings. The van der Waals surface area contributed by atoms with Crippen LogP contribution in [-0.4, -0.2) is 22.0 Å². The summed E-state index contributed by atoms with van der Waals surface area (Å²) in [6.07, 6.45) is 1.43. The van der Waals surface area contributed by atoms with Crippen molar-refractivity contribution < 1.29 is 0 Å². The second kappa shape index (κ2) is 6.79. The number of halogens is 1. The van der Waals surface area contributed by atoms with Crippen LogP contribution in [0.1, 0.15) is 24.1 Å². The van der Waals surface area contributed by atoms with E-state index in [2.05, 4.69) is 25.6 Å². The number of pyridine rings is 1. The molecule has 3 N–H and O–H groups in total. The SMILES string of the molecule is CNc1nc(N[C@@H](C)c2cc3cccc(Cl)c3[nH]c2=O)ncc1C#N. The minimum Gasteiger partial charge on any atom is -0.372 e. The van der Waals surface area contributed by atoms with Gasteiger partial charge in [-0.15, -0.1) is 0 Å². The normalized spacial score (nSPS) is 11.8. The van der Waals surface area contributed by atoms with Crippen LogP contribution in [-0.2, 0) is 0 Å². The third-order valence-electron chi connectivity index (χ3n) is 3.82. The molecule has 3 rings (SSSR count). The lowest BCUT2D eigenvalue weighted by atomic mass is 10.1. The lowest BCUT2D eigenvalue weighted by Gasteiger charge is -2.15. The Kier molecular flexibility index (Phi) is 4.55. The maximum absolute atomic E-state index is 12.4. The van der Waals surface area contributed by atoms with Crippen molar-refractivity contribution in [3.05, 3.63) is 57.0 Å². The number of H-pyrrole nitrogens is 1. The summed E-state index contributed by atoms with van der Waals surface area (Å²) in [7, 11) is 1.67. The average Bonchev–Trinajstić information content (AvgIpc) is 2.61. The molecule has 0 amide bonds. The number of hydrogen-bond acceptors (Lipinski definition) is 6. The molecule has 8 heteroatoms. The van der Waals surface area contributed by atoms with E-state index in [0.29, 0.717) is 33.4 Å². The largest absolute Gasteiger partial charge is 0.372 e. The summed E-state index contributed by atoms with van der Waals surface area (Å²) in [5, 5.41) is 16.3. The second-order valence-corrected chi connectivity index (χ2v) is 5.85. The van der Waals surface area contributed by atoms with Crippen LogP contribution in [0.2, 0.25) is 5.02 Å². The number of fused-ring (bicyclic) bond motifs is 1. The van der Waals surface area contributed by atoms with Gasteiger partial charge in [-0.2, -0.15) is 10.2 Å². The Bertz CT molecular complexity index is 1040. The molecule has 3 aromatic rings. The van der Waals surface area contributed by atoms with Gasteiger partial charge in [-0.05, 0) is 19.1 Å². The molecular formula is C17H15ClN6O. The van der Waals surface area contributed by atoms with Crippen LogP contribution in [0.25, 0.3) is 10.9 Å². The van der Waals surface area contributed by atoms with Gasteiger partial charge in [-0.1, -0.05) is 23.7 Å². The zero-order valence-electron chi connectivity index (χ0n) is 13.6. The fraction of sp³-hybridized carbons (Fsp3) is 0.176. The molecule has 0 unspecified atom stereocenters. The number of hydrogen-bond donors (Lipinski definition) is 3. The quantitative estimate of drug-likeness (QED) is 0.664. The van der Waals surface area contributed by atoms with Crippen molar-refractivity contribution in [2.45, 2.75) is 13.0 Å². The summed E-state index contributed by atoms with van der Waals surface area (Å²) in [6.45, 7) is 1.83. The van der Waals surface area contributed by atoms with Crippen molar-refractivity contribution in [2.24, 2.45) is 0 Å². The molecule has 0 aliphatic rings. The van der Waals surface area contributed by atoms with E-state index in [0.717, 1.165) is 5.39 Å². The minimum atomic E-state index is -0.343. The average molecular weight is 355 g/mol. The monoisotopic (exact) mass is 354 g/mol. The van der Waals surface area contributed by atoms with Crippen LogP contribution in [0, 0.1) is 11.3 Å². The number of nitrogens with one attached hydrogen (secondary N) is 3. The molecule has 0 bridgehead atoms. The van der Waals surface area contributed by atoms with Gasteiger partial charge >= 0.3 is 0 Å². The molecule has 0 radical (unpaired) electrons. The van der Waals surface area contributed by atoms with Gasteiger partial charge in [0.15, 0.2) is 0 Å². The molecule has 0 aliphatic heterocycles. The van der Waals surface area contributed by atoms with E-state index in [1.54, 1.807) is 19.2 Å². The number of aromatic amines is 1. The fourth-order valence-electron chi connectivity index (χ4n) is 2.53. The molecule has 0 aliphatic carbocycles. The first-order valence-electron chi connectivity index (χ1n) is 7.56. The zero-order chi connectivity index (χ0) is 18.0. The highest BCUT2D eigenvalue weighted by Gasteiger charge is 2.14. The summed E-state index contributed by atoms with van der Waals surface area (Å²) in [6, 6.07) is 8.89. The molecule has 0 spiro atoms. The third-order valence-corrected chi connectivity index (χ3v) is 4.13. The van der Waals surface area contributed by atoms with Gasteiger partial charge in [-0.3, -0.25) is 4.79 Å². The van der Waals surface area contributed by atoms with E-state index in [9.17, 15) is 4.79 Å². The standard InChI is InChI=1S/C17H15ClN6O/c1-9(22-17-21-8-11(7-19)15(20-2)24-17)12-6-10-4-3-5-13(18)14(10)23-16(12)25/h3-6,8-9H,1-2H3,(H,23,25)(H2,20,21,22,24)/t9-/m0/s1. The number of nitrogens with zero attached hydrogens (tertiary/aromatic N) is 3. The Morgan fingerprint density at radius 1 is 1.40 bits per heavy atom. The molecule has 1 atom stereocenters. The summed E-state index contributed by atoms with van der Waals surface area (Å²) in [5.41, 5.74) is 1.26. The number of rotatable bonds is 4. The van der Waals surface area contributed by atoms with Crippen LogP contribution < -0.4 is 16.2 Å². The van der Waals surface area contributed by atoms with E-state index in [1.165, 1.54) is 6.20 Å². The topological polar surface area (TPSA) is 106 Å². The van der Waals surface area contributed by atoms with Crippen molar-refractivity contribution in [2.75, 3.05) is 17.7 Å². The molecule has 2 heterocycles. The van der Waals surface area contributed by atoms with Crippen molar-refractivity contribution in [1.29, 1.82) is 5.26 Å². The predicted octanol–water partition coefficient (Wildman–Crippen LogP) is 3.06. The van der Waals surface area contributed by atoms with E-state index < -0.39 is 0 Å². The van der Waals surface area contributed by atoms with E-state index in [4.69, 9.17) is 16.9 Å². The van der Waals surface area contributed by atoms with Gasteiger partial charge < -0.3 is 15.6 Å². The Morgan fingerprint density at radius 3 is 2.92 bits per heavy atom. The molecule has 1 aromatic carbocycles. The van der Waals surface area contributed by atoms with Crippen molar-refractivity contribution in [1.82, 2.24) is 15.0 Å². The van der Waals surface area contributed by atoms with Gasteiger partial charge in [0.1, 0.15) is 17.5 Å². The summed E-state index contributed by atoms with van der Waals surface area (Å²) in [5.74, 6) is 0.743. The van der Waals surface area contributed by atoms with E-state index in [-0.39, 0.29) is 11.6 Å². The van der Waals surface area contributed by atoms with E-state index in [1.807, 2.05) is 25.1 Å². The second-order valence-electron chi connectivity index (χ2n) is 5.44. The first kappa shape index (κ1) is 16.7. The van der Waals surface area contributed by atoms with Gasteiger partial charge in [0.05, 0.1) is 22.8 Å². The van der Waals surface area contributed by atoms with Crippen LogP contribution in [0.3, 0.4) is 0 Å². The lowest BCUT2D eigenvalue weighted by molar-refractivity contribution is 0.845. The highest BCUT2D eigenvalue weighted by atomic mass is 35.5. The first-order chi connectivity index (χ1) is 12.0. The van der Waals surface area contributed by atoms with Gasteiger partial charge in [0.25, 0.3) is 5.56 Å². The number of para-hydroxylation sites is 1. The maximum Gasteiger partial charge on any atom is 0.253 e. The Morgan fingerprint density at radius 2 is 2.20 bits per heavy atom. The van der Waals surface area contributed by atoms with Gasteiger partial charge in [0, 0.05) is 18.0 Å². The number of nitriles is 1. The van der Waals surface area contributed by atoms with Gasteiger partial charge in [-0.25, -0.2) is 4.98 Å². The number of benzene rings is 1. The summed E-state index contributed by atoms with van der Waals surface area (Å²) >= 11 is 6.11. The van der Waals surface area contributed by atoms with Crippen LogP contribution in [0.15, 0.2) is 35.3 Å². The summed E-state index contributed by atoms with van der Waals surface area (Å²) < 4.78 is 0. The lowest BCUT2D eigenvalue weighted by Crippen LogP contribution is -2.20. The van der Waals surface area contributed by atoms with Crippen LogP contribution in [0.4, 0.5) is 11.8 Å². The minimum absolute atomic E-state index is 0.233.